The number of nitrogens with zero attached hydrogens (tertiary/aromatic N) is 4. The Labute approximate surface area is 245 Å². The van der Waals surface area contributed by atoms with Gasteiger partial charge < -0.3 is 10.2 Å². The first-order valence-corrected chi connectivity index (χ1v) is 13.7. The van der Waals surface area contributed by atoms with Crippen LogP contribution in [0.1, 0.15) is 43.2 Å². The van der Waals surface area contributed by atoms with Crippen molar-refractivity contribution in [2.24, 2.45) is 0 Å². The molecule has 4 aromatic rings. The highest BCUT2D eigenvalue weighted by Crippen LogP contribution is 2.27. The normalized spacial score (nSPS) is 11.4. The summed E-state index contributed by atoms with van der Waals surface area (Å²) >= 11 is 0. The van der Waals surface area contributed by atoms with E-state index in [0.717, 1.165) is 22.5 Å². The number of rotatable bonds is 10. The molecule has 4 rings (SSSR count). The van der Waals surface area contributed by atoms with Gasteiger partial charge >= 0.3 is 0 Å². The van der Waals surface area contributed by atoms with Crippen LogP contribution in [-0.4, -0.2) is 44.5 Å². The van der Waals surface area contributed by atoms with E-state index in [9.17, 15) is 19.7 Å². The summed E-state index contributed by atoms with van der Waals surface area (Å²) in [5.74, 6) is -0.173. The fourth-order valence-corrected chi connectivity index (χ4v) is 4.33. The Hall–Kier alpha value is -5.05. The summed E-state index contributed by atoms with van der Waals surface area (Å²) in [5, 5.41) is 18.7. The summed E-state index contributed by atoms with van der Waals surface area (Å²) in [5.41, 5.74) is 4.09. The summed E-state index contributed by atoms with van der Waals surface area (Å²) in [6, 6.07) is 25.3. The van der Waals surface area contributed by atoms with Crippen molar-refractivity contribution in [3.05, 3.63) is 124 Å². The Kier molecular flexibility index (Phi) is 9.32. The third-order valence-electron chi connectivity index (χ3n) is 6.77. The van der Waals surface area contributed by atoms with E-state index in [2.05, 4.69) is 26.1 Å². The number of nitro groups is 1. The highest BCUT2D eigenvalue weighted by Gasteiger charge is 2.23. The van der Waals surface area contributed by atoms with Gasteiger partial charge in [-0.2, -0.15) is 5.10 Å². The average molecular weight is 566 g/mol. The molecule has 9 nitrogen and oxygen atoms in total. The van der Waals surface area contributed by atoms with Crippen molar-refractivity contribution in [1.82, 2.24) is 14.7 Å². The lowest BCUT2D eigenvalue weighted by Crippen LogP contribution is -2.38. The van der Waals surface area contributed by atoms with E-state index < -0.39 is 4.92 Å². The molecule has 0 unspecified atom stereocenters. The molecule has 2 amide bonds. The summed E-state index contributed by atoms with van der Waals surface area (Å²) < 4.78 is 1.73. The van der Waals surface area contributed by atoms with Crippen molar-refractivity contribution < 1.29 is 14.5 Å². The molecule has 0 saturated carbocycles. The molecule has 0 saturated heterocycles. The predicted octanol–water partition coefficient (Wildman–Crippen LogP) is 6.11. The van der Waals surface area contributed by atoms with Gasteiger partial charge in [0.15, 0.2) is 0 Å². The van der Waals surface area contributed by atoms with Crippen LogP contribution >= 0.6 is 0 Å². The second-order valence-corrected chi connectivity index (χ2v) is 11.1. The SMILES string of the molecule is Cc1ccccc1-n1nc(C(C)(C)C)cc1NC(=O)CN(CCc1ccccc1)C(=O)C=Cc1ccc([N+](=O)[O-])cc1. The van der Waals surface area contributed by atoms with Crippen molar-refractivity contribution in [3.63, 3.8) is 0 Å². The van der Waals surface area contributed by atoms with Crippen molar-refractivity contribution in [2.75, 3.05) is 18.4 Å². The van der Waals surface area contributed by atoms with Crippen molar-refractivity contribution >= 4 is 29.4 Å². The smallest absolute Gasteiger partial charge is 0.269 e. The van der Waals surface area contributed by atoms with E-state index in [1.165, 1.54) is 23.1 Å². The van der Waals surface area contributed by atoms with E-state index >= 15 is 0 Å². The molecule has 0 aliphatic heterocycles. The second-order valence-electron chi connectivity index (χ2n) is 11.1. The number of aromatic nitrogens is 2. The summed E-state index contributed by atoms with van der Waals surface area (Å²) in [7, 11) is 0. The Bertz CT molecular complexity index is 1580. The lowest BCUT2D eigenvalue weighted by atomic mass is 9.92. The second kappa shape index (κ2) is 13.1. The Morgan fingerprint density at radius 1 is 1.00 bits per heavy atom. The third-order valence-corrected chi connectivity index (χ3v) is 6.77. The molecule has 0 bridgehead atoms. The monoisotopic (exact) mass is 565 g/mol. The molecule has 1 aromatic heterocycles. The van der Waals surface area contributed by atoms with Crippen molar-refractivity contribution in [3.8, 4) is 5.69 Å². The van der Waals surface area contributed by atoms with Crippen LogP contribution in [0.15, 0.2) is 91.0 Å². The maximum atomic E-state index is 13.4. The minimum Gasteiger partial charge on any atom is -0.330 e. The first-order chi connectivity index (χ1) is 20.0. The number of hydrogen-bond acceptors (Lipinski definition) is 5. The molecule has 42 heavy (non-hydrogen) atoms. The molecule has 0 spiro atoms. The molecule has 9 heteroatoms. The number of anilines is 1. The number of nitrogens with one attached hydrogen (secondary N) is 1. The lowest BCUT2D eigenvalue weighted by Gasteiger charge is -2.21. The van der Waals surface area contributed by atoms with Crippen LogP contribution in [0.25, 0.3) is 11.8 Å². The topological polar surface area (TPSA) is 110 Å². The van der Waals surface area contributed by atoms with Crippen molar-refractivity contribution in [2.45, 2.75) is 39.5 Å². The summed E-state index contributed by atoms with van der Waals surface area (Å²) in [6.45, 7) is 8.32. The van der Waals surface area contributed by atoms with Gasteiger partial charge in [0.25, 0.3) is 5.69 Å². The third kappa shape index (κ3) is 7.78. The van der Waals surface area contributed by atoms with E-state index in [4.69, 9.17) is 5.10 Å². The first kappa shape index (κ1) is 29.9. The molecule has 0 aliphatic carbocycles. The zero-order chi connectivity index (χ0) is 30.3. The first-order valence-electron chi connectivity index (χ1n) is 13.7. The molecule has 0 aliphatic rings. The maximum absolute atomic E-state index is 13.4. The number of carbonyl (C=O) groups is 2. The van der Waals surface area contributed by atoms with Gasteiger partial charge in [0.05, 0.1) is 16.3 Å². The zero-order valence-corrected chi connectivity index (χ0v) is 24.3. The van der Waals surface area contributed by atoms with Gasteiger partial charge in [-0.25, -0.2) is 4.68 Å². The van der Waals surface area contributed by atoms with Crippen LogP contribution in [0.5, 0.6) is 0 Å². The van der Waals surface area contributed by atoms with Gasteiger partial charge in [-0.3, -0.25) is 19.7 Å². The van der Waals surface area contributed by atoms with Gasteiger partial charge in [0, 0.05) is 36.2 Å². The highest BCUT2D eigenvalue weighted by atomic mass is 16.6. The Morgan fingerprint density at radius 2 is 1.67 bits per heavy atom. The van der Waals surface area contributed by atoms with Crippen LogP contribution in [0, 0.1) is 17.0 Å². The van der Waals surface area contributed by atoms with Crippen LogP contribution < -0.4 is 5.32 Å². The molecule has 216 valence electrons. The fraction of sp³-hybridized carbons (Fsp3) is 0.242. The summed E-state index contributed by atoms with van der Waals surface area (Å²) in [6.07, 6.45) is 3.54. The molecule has 0 radical (unpaired) electrons. The van der Waals surface area contributed by atoms with Gasteiger partial charge in [0.1, 0.15) is 12.4 Å². The minimum atomic E-state index is -0.474. The Morgan fingerprint density at radius 3 is 2.31 bits per heavy atom. The molecular formula is C33H35N5O4. The zero-order valence-electron chi connectivity index (χ0n) is 24.3. The standard InChI is InChI=1S/C33H35N5O4/c1-24-10-8-9-13-28(24)37-30(22-29(35-37)33(2,3)4)34-31(39)23-36(21-20-25-11-6-5-7-12-25)32(40)19-16-26-14-17-27(18-15-26)38(41)42/h5-19,22H,20-21,23H2,1-4H3,(H,34,39). The van der Waals surface area contributed by atoms with Gasteiger partial charge in [-0.1, -0.05) is 69.3 Å². The quantitative estimate of drug-likeness (QED) is 0.142. The number of para-hydroxylation sites is 1. The van der Waals surface area contributed by atoms with E-state index in [-0.39, 0.29) is 29.5 Å². The molecule has 1 heterocycles. The number of nitro benzene ring substituents is 1. The predicted molar refractivity (Wildman–Crippen MR) is 164 cm³/mol. The molecule has 0 atom stereocenters. The van der Waals surface area contributed by atoms with E-state index in [0.29, 0.717) is 24.3 Å². The van der Waals surface area contributed by atoms with E-state index in [1.54, 1.807) is 22.9 Å². The number of hydrogen-bond donors (Lipinski definition) is 1. The van der Waals surface area contributed by atoms with Crippen LogP contribution in [-0.2, 0) is 21.4 Å². The van der Waals surface area contributed by atoms with Crippen LogP contribution in [0.3, 0.4) is 0 Å². The largest absolute Gasteiger partial charge is 0.330 e. The molecule has 1 N–H and O–H groups in total. The minimum absolute atomic E-state index is 0.0285. The Balaban J connectivity index is 1.55. The molecular weight excluding hydrogens is 530 g/mol. The number of amides is 2. The number of benzene rings is 3. The van der Waals surface area contributed by atoms with E-state index in [1.807, 2.05) is 67.6 Å². The van der Waals surface area contributed by atoms with Gasteiger partial charge in [-0.05, 0) is 54.3 Å². The number of non-ortho nitro benzene ring substituents is 1. The average Bonchev–Trinajstić information content (AvgIpc) is 3.39. The van der Waals surface area contributed by atoms with Crippen LogP contribution in [0.4, 0.5) is 11.5 Å². The lowest BCUT2D eigenvalue weighted by molar-refractivity contribution is -0.384. The molecule has 0 fully saturated rings. The summed E-state index contributed by atoms with van der Waals surface area (Å²) in [4.78, 5) is 38.7. The fourth-order valence-electron chi connectivity index (χ4n) is 4.33. The maximum Gasteiger partial charge on any atom is 0.269 e. The van der Waals surface area contributed by atoms with Gasteiger partial charge in [0.2, 0.25) is 11.8 Å². The van der Waals surface area contributed by atoms with Gasteiger partial charge in [-0.15, -0.1) is 0 Å². The van der Waals surface area contributed by atoms with Crippen LogP contribution in [0.2, 0.25) is 0 Å². The number of aryl methyl sites for hydroxylation is 1. The highest BCUT2D eigenvalue weighted by molar-refractivity contribution is 5.98. The molecule has 3 aromatic carbocycles. The number of carbonyl (C=O) groups excluding carboxylic acids is 2. The van der Waals surface area contributed by atoms with Crippen molar-refractivity contribution in [1.29, 1.82) is 0 Å².